The van der Waals surface area contributed by atoms with E-state index in [0.717, 1.165) is 19.3 Å². The van der Waals surface area contributed by atoms with Crippen molar-refractivity contribution in [2.45, 2.75) is 64.7 Å². The van der Waals surface area contributed by atoms with Crippen molar-refractivity contribution in [3.63, 3.8) is 0 Å². The predicted molar refractivity (Wildman–Crippen MR) is 78.9 cm³/mol. The van der Waals surface area contributed by atoms with Crippen LogP contribution in [0.5, 0.6) is 0 Å². The molecule has 0 amide bonds. The van der Waals surface area contributed by atoms with E-state index >= 15 is 0 Å². The minimum atomic E-state index is -1.24. The lowest BCUT2D eigenvalue weighted by Crippen LogP contribution is -1.99. The summed E-state index contributed by atoms with van der Waals surface area (Å²) in [5, 5.41) is 17.8. The Labute approximate surface area is 125 Å². The third kappa shape index (κ3) is 6.02. The van der Waals surface area contributed by atoms with E-state index in [-0.39, 0.29) is 11.5 Å². The lowest BCUT2D eigenvalue weighted by Gasteiger charge is -2.01. The van der Waals surface area contributed by atoms with Crippen LogP contribution in [0.25, 0.3) is 0 Å². The van der Waals surface area contributed by atoms with Gasteiger partial charge in [0.1, 0.15) is 0 Å². The van der Waals surface area contributed by atoms with Crippen LogP contribution >= 0.6 is 0 Å². The molecule has 118 valence electrons. The Morgan fingerprint density at radius 1 is 0.952 bits per heavy atom. The zero-order valence-electron chi connectivity index (χ0n) is 12.6. The number of carboxylic acids is 2. The van der Waals surface area contributed by atoms with Crippen LogP contribution in [0.4, 0.5) is 0 Å². The Kier molecular flexibility index (Phi) is 7.58. The smallest absolute Gasteiger partial charge is 0.372 e. The molecule has 0 saturated heterocycles. The largest absolute Gasteiger partial charge is 0.475 e. The molecule has 0 unspecified atom stereocenters. The minimum absolute atomic E-state index is 0.240. The van der Waals surface area contributed by atoms with Gasteiger partial charge in [-0.05, 0) is 18.9 Å². The zero-order valence-corrected chi connectivity index (χ0v) is 12.6. The number of carboxylic acid groups (broad SMARTS) is 2. The normalized spacial score (nSPS) is 10.7. The highest BCUT2D eigenvalue weighted by molar-refractivity contribution is 5.90. The summed E-state index contributed by atoms with van der Waals surface area (Å²) in [6.45, 7) is 2.19. The Morgan fingerprint density at radius 3 is 2.05 bits per heavy atom. The van der Waals surface area contributed by atoms with E-state index in [2.05, 4.69) is 6.92 Å². The van der Waals surface area contributed by atoms with Crippen LogP contribution < -0.4 is 0 Å². The van der Waals surface area contributed by atoms with Crippen molar-refractivity contribution in [1.29, 1.82) is 0 Å². The van der Waals surface area contributed by atoms with E-state index in [1.165, 1.54) is 38.2 Å². The summed E-state index contributed by atoms with van der Waals surface area (Å²) in [5.41, 5.74) is 0.478. The van der Waals surface area contributed by atoms with Crippen molar-refractivity contribution in [2.24, 2.45) is 0 Å². The summed E-state index contributed by atoms with van der Waals surface area (Å²) in [5.74, 6) is -2.99. The average Bonchev–Trinajstić information content (AvgIpc) is 2.86. The fourth-order valence-electron chi connectivity index (χ4n) is 2.35. The molecule has 0 bridgehead atoms. The second kappa shape index (κ2) is 9.21. The molecule has 1 aromatic heterocycles. The number of aryl methyl sites for hydroxylation is 1. The SMILES string of the molecule is CCCCCCCCCCc1cc(C(=O)O)oc1C(=O)O. The number of furan rings is 1. The predicted octanol–water partition coefficient (Wildman–Crippen LogP) is 4.36. The summed E-state index contributed by atoms with van der Waals surface area (Å²) in [6.07, 6.45) is 9.83. The van der Waals surface area contributed by atoms with Crippen LogP contribution in [-0.4, -0.2) is 22.2 Å². The highest BCUT2D eigenvalue weighted by Gasteiger charge is 2.20. The average molecular weight is 296 g/mol. The number of hydrogen-bond acceptors (Lipinski definition) is 3. The van der Waals surface area contributed by atoms with E-state index in [1.807, 2.05) is 0 Å². The third-order valence-electron chi connectivity index (χ3n) is 3.51. The molecule has 0 radical (unpaired) electrons. The van der Waals surface area contributed by atoms with Crippen molar-refractivity contribution in [1.82, 2.24) is 0 Å². The zero-order chi connectivity index (χ0) is 15.7. The van der Waals surface area contributed by atoms with Gasteiger partial charge in [-0.3, -0.25) is 0 Å². The number of hydrogen-bond donors (Lipinski definition) is 2. The van der Waals surface area contributed by atoms with Crippen LogP contribution in [0, 0.1) is 0 Å². The Morgan fingerprint density at radius 2 is 1.52 bits per heavy atom. The molecule has 0 atom stereocenters. The molecule has 0 aliphatic rings. The van der Waals surface area contributed by atoms with Crippen molar-refractivity contribution in [3.8, 4) is 0 Å². The number of rotatable bonds is 11. The Hall–Kier alpha value is -1.78. The van der Waals surface area contributed by atoms with Crippen molar-refractivity contribution < 1.29 is 24.2 Å². The monoisotopic (exact) mass is 296 g/mol. The minimum Gasteiger partial charge on any atom is -0.475 e. The molecule has 0 aromatic carbocycles. The fourth-order valence-corrected chi connectivity index (χ4v) is 2.35. The van der Waals surface area contributed by atoms with E-state index in [4.69, 9.17) is 14.6 Å². The standard InChI is InChI=1S/C16H24O5/c1-2-3-4-5-6-7-8-9-10-12-11-13(15(17)18)21-14(12)16(19)20/h11H,2-10H2,1H3,(H,17,18)(H,19,20). The van der Waals surface area contributed by atoms with Gasteiger partial charge in [0.25, 0.3) is 0 Å². The molecule has 1 heterocycles. The second-order valence-electron chi connectivity index (χ2n) is 5.30. The molecule has 1 aromatic rings. The van der Waals surface area contributed by atoms with Gasteiger partial charge in [0.05, 0.1) is 0 Å². The lowest BCUT2D eigenvalue weighted by molar-refractivity contribution is 0.0631. The molecule has 0 aliphatic carbocycles. The van der Waals surface area contributed by atoms with E-state index < -0.39 is 11.9 Å². The summed E-state index contributed by atoms with van der Waals surface area (Å²) >= 11 is 0. The molecule has 0 fully saturated rings. The molecule has 1 rings (SSSR count). The van der Waals surface area contributed by atoms with Crippen LogP contribution in [-0.2, 0) is 6.42 Å². The van der Waals surface area contributed by atoms with Crippen LogP contribution in [0.2, 0.25) is 0 Å². The van der Waals surface area contributed by atoms with Gasteiger partial charge in [-0.2, -0.15) is 0 Å². The molecule has 0 aliphatic heterocycles. The molecule has 21 heavy (non-hydrogen) atoms. The summed E-state index contributed by atoms with van der Waals surface area (Å²) in [7, 11) is 0. The highest BCUT2D eigenvalue weighted by atomic mass is 16.4. The Balaban J connectivity index is 2.34. The first-order valence-electron chi connectivity index (χ1n) is 7.65. The number of aromatic carboxylic acids is 2. The van der Waals surface area contributed by atoms with Crippen molar-refractivity contribution in [2.75, 3.05) is 0 Å². The van der Waals surface area contributed by atoms with E-state index in [1.54, 1.807) is 0 Å². The fraction of sp³-hybridized carbons (Fsp3) is 0.625. The first-order chi connectivity index (χ1) is 10.1. The summed E-state index contributed by atoms with van der Waals surface area (Å²) < 4.78 is 4.86. The quantitative estimate of drug-likeness (QED) is 0.592. The molecule has 5 nitrogen and oxygen atoms in total. The first kappa shape index (κ1) is 17.3. The first-order valence-corrected chi connectivity index (χ1v) is 7.65. The number of carbonyl (C=O) groups is 2. The summed E-state index contributed by atoms with van der Waals surface area (Å²) in [4.78, 5) is 21.8. The van der Waals surface area contributed by atoms with Gasteiger partial charge in [-0.1, -0.05) is 51.9 Å². The maximum absolute atomic E-state index is 11.0. The van der Waals surface area contributed by atoms with Crippen LogP contribution in [0.15, 0.2) is 10.5 Å². The lowest BCUT2D eigenvalue weighted by atomic mass is 10.0. The van der Waals surface area contributed by atoms with Gasteiger partial charge in [-0.25, -0.2) is 9.59 Å². The molecular weight excluding hydrogens is 272 g/mol. The van der Waals surface area contributed by atoms with Gasteiger partial charge >= 0.3 is 11.9 Å². The van der Waals surface area contributed by atoms with Crippen LogP contribution in [0.1, 0.15) is 85.0 Å². The molecule has 0 spiro atoms. The Bertz CT molecular complexity index is 461. The molecule has 2 N–H and O–H groups in total. The van der Waals surface area contributed by atoms with Gasteiger partial charge < -0.3 is 14.6 Å². The second-order valence-corrected chi connectivity index (χ2v) is 5.30. The van der Waals surface area contributed by atoms with Gasteiger partial charge in [0, 0.05) is 5.56 Å². The molecule has 0 saturated carbocycles. The highest BCUT2D eigenvalue weighted by Crippen LogP contribution is 2.19. The maximum atomic E-state index is 11.0. The van der Waals surface area contributed by atoms with Gasteiger partial charge in [0.2, 0.25) is 11.5 Å². The molecular formula is C16H24O5. The van der Waals surface area contributed by atoms with Crippen molar-refractivity contribution in [3.05, 3.63) is 23.2 Å². The van der Waals surface area contributed by atoms with E-state index in [0.29, 0.717) is 12.0 Å². The maximum Gasteiger partial charge on any atom is 0.372 e. The van der Waals surface area contributed by atoms with Gasteiger partial charge in [-0.15, -0.1) is 0 Å². The van der Waals surface area contributed by atoms with E-state index in [9.17, 15) is 9.59 Å². The molecule has 5 heteroatoms. The summed E-state index contributed by atoms with van der Waals surface area (Å²) in [6, 6.07) is 1.33. The number of unbranched alkanes of at least 4 members (excludes halogenated alkanes) is 7. The van der Waals surface area contributed by atoms with Crippen LogP contribution in [0.3, 0.4) is 0 Å². The van der Waals surface area contributed by atoms with Gasteiger partial charge in [0.15, 0.2) is 0 Å². The van der Waals surface area contributed by atoms with Crippen molar-refractivity contribution >= 4 is 11.9 Å². The third-order valence-corrected chi connectivity index (χ3v) is 3.51. The topological polar surface area (TPSA) is 87.7 Å².